The number of amides is 1. The van der Waals surface area contributed by atoms with E-state index in [2.05, 4.69) is 50.4 Å². The molecule has 5 heteroatoms. The van der Waals surface area contributed by atoms with Gasteiger partial charge in [0.05, 0.1) is 17.0 Å². The van der Waals surface area contributed by atoms with Crippen LogP contribution in [0.3, 0.4) is 0 Å². The van der Waals surface area contributed by atoms with Gasteiger partial charge in [0.15, 0.2) is 9.84 Å². The van der Waals surface area contributed by atoms with Gasteiger partial charge in [-0.2, -0.15) is 0 Å². The second-order valence-electron chi connectivity index (χ2n) is 7.90. The van der Waals surface area contributed by atoms with Crippen LogP contribution in [0.15, 0.2) is 24.3 Å². The molecule has 4 nitrogen and oxygen atoms in total. The van der Waals surface area contributed by atoms with Crippen LogP contribution >= 0.6 is 0 Å². The van der Waals surface area contributed by atoms with E-state index in [1.54, 1.807) is 0 Å². The number of hydrogen-bond acceptors (Lipinski definition) is 3. The van der Waals surface area contributed by atoms with Gasteiger partial charge in [-0.15, -0.1) is 0 Å². The topological polar surface area (TPSA) is 63.2 Å². The van der Waals surface area contributed by atoms with Crippen molar-refractivity contribution in [2.45, 2.75) is 57.9 Å². The number of carbonyl (C=O) groups excluding carboxylic acids is 1. The Balaban J connectivity index is 1.87. The molecule has 1 atom stereocenters. The minimum atomic E-state index is -3.00. The molecule has 0 aliphatic carbocycles. The van der Waals surface area contributed by atoms with Gasteiger partial charge in [-0.3, -0.25) is 4.79 Å². The summed E-state index contributed by atoms with van der Waals surface area (Å²) < 4.78 is 23.1. The zero-order chi connectivity index (χ0) is 17.3. The smallest absolute Gasteiger partial charge is 0.220 e. The van der Waals surface area contributed by atoms with E-state index < -0.39 is 15.4 Å². The summed E-state index contributed by atoms with van der Waals surface area (Å²) in [6.45, 7) is 8.33. The molecule has 1 N–H and O–H groups in total. The van der Waals surface area contributed by atoms with Crippen LogP contribution in [0.1, 0.15) is 51.7 Å². The summed E-state index contributed by atoms with van der Waals surface area (Å²) >= 11 is 0. The molecule has 0 radical (unpaired) electrons. The van der Waals surface area contributed by atoms with Gasteiger partial charge < -0.3 is 5.32 Å². The van der Waals surface area contributed by atoms with Crippen molar-refractivity contribution in [2.75, 3.05) is 11.5 Å². The summed E-state index contributed by atoms with van der Waals surface area (Å²) in [6, 6.07) is 8.35. The van der Waals surface area contributed by atoms with Gasteiger partial charge in [0.1, 0.15) is 0 Å². The number of hydrogen-bond donors (Lipinski definition) is 1. The minimum Gasteiger partial charge on any atom is -0.350 e. The Hall–Kier alpha value is -1.36. The molecule has 23 heavy (non-hydrogen) atoms. The molecule has 1 aliphatic rings. The van der Waals surface area contributed by atoms with Crippen LogP contribution in [-0.2, 0) is 26.5 Å². The van der Waals surface area contributed by atoms with E-state index >= 15 is 0 Å². The maximum atomic E-state index is 12.1. The van der Waals surface area contributed by atoms with Crippen molar-refractivity contribution in [1.29, 1.82) is 0 Å². The second kappa shape index (κ2) is 6.27. The first kappa shape index (κ1) is 18.0. The highest BCUT2D eigenvalue weighted by Gasteiger charge is 2.39. The van der Waals surface area contributed by atoms with E-state index in [1.165, 1.54) is 5.56 Å². The Labute approximate surface area is 139 Å². The van der Waals surface area contributed by atoms with Crippen LogP contribution in [0, 0.1) is 0 Å². The first-order valence-corrected chi connectivity index (χ1v) is 9.92. The Morgan fingerprint density at radius 3 is 2.30 bits per heavy atom. The lowest BCUT2D eigenvalue weighted by Gasteiger charge is -2.24. The standard InChI is InChI=1S/C18H27NO3S/c1-17(2,3)15-8-5-14(6-9-15)7-10-16(20)19-18(4)11-12-23(21,22)13-18/h5-6,8-9H,7,10-13H2,1-4H3,(H,19,20). The van der Waals surface area contributed by atoms with Crippen LogP contribution in [-0.4, -0.2) is 31.4 Å². The van der Waals surface area contributed by atoms with Crippen LogP contribution in [0.5, 0.6) is 0 Å². The number of rotatable bonds is 4. The highest BCUT2D eigenvalue weighted by molar-refractivity contribution is 7.91. The zero-order valence-electron chi connectivity index (χ0n) is 14.5. The fourth-order valence-corrected chi connectivity index (χ4v) is 5.03. The van der Waals surface area contributed by atoms with Gasteiger partial charge in [-0.1, -0.05) is 45.0 Å². The molecular weight excluding hydrogens is 310 g/mol. The predicted octanol–water partition coefficient (Wildman–Crippen LogP) is 2.61. The predicted molar refractivity (Wildman–Crippen MR) is 93.3 cm³/mol. The SMILES string of the molecule is CC1(NC(=O)CCc2ccc(C(C)(C)C)cc2)CCS(=O)(=O)C1. The summed E-state index contributed by atoms with van der Waals surface area (Å²) in [6.07, 6.45) is 1.55. The molecule has 128 valence electrons. The van der Waals surface area contributed by atoms with E-state index in [1.807, 2.05) is 6.92 Å². The van der Waals surface area contributed by atoms with Gasteiger partial charge in [-0.05, 0) is 36.3 Å². The Morgan fingerprint density at radius 1 is 1.22 bits per heavy atom. The lowest BCUT2D eigenvalue weighted by atomic mass is 9.86. The van der Waals surface area contributed by atoms with Gasteiger partial charge in [0, 0.05) is 6.42 Å². The fraction of sp³-hybridized carbons (Fsp3) is 0.611. The number of nitrogens with one attached hydrogen (secondary N) is 1. The molecule has 1 aromatic carbocycles. The van der Waals surface area contributed by atoms with Gasteiger partial charge in [0.25, 0.3) is 0 Å². The van der Waals surface area contributed by atoms with Crippen molar-refractivity contribution in [1.82, 2.24) is 5.32 Å². The molecule has 0 saturated carbocycles. The monoisotopic (exact) mass is 337 g/mol. The lowest BCUT2D eigenvalue weighted by Crippen LogP contribution is -2.47. The molecular formula is C18H27NO3S. The second-order valence-corrected chi connectivity index (χ2v) is 10.1. The van der Waals surface area contributed by atoms with Gasteiger partial charge in [0.2, 0.25) is 5.91 Å². The molecule has 1 fully saturated rings. The Kier molecular flexibility index (Phi) is 4.90. The average Bonchev–Trinajstić information content (AvgIpc) is 2.69. The number of benzene rings is 1. The molecule has 2 rings (SSSR count). The lowest BCUT2D eigenvalue weighted by molar-refractivity contribution is -0.122. The van der Waals surface area contributed by atoms with Crippen molar-refractivity contribution in [3.63, 3.8) is 0 Å². The average molecular weight is 337 g/mol. The molecule has 1 amide bonds. The summed E-state index contributed by atoms with van der Waals surface area (Å²) in [5.41, 5.74) is 1.91. The van der Waals surface area contributed by atoms with Crippen molar-refractivity contribution >= 4 is 15.7 Å². The van der Waals surface area contributed by atoms with Crippen molar-refractivity contribution in [3.8, 4) is 0 Å². The third kappa shape index (κ3) is 5.06. The first-order chi connectivity index (χ1) is 10.5. The number of carbonyl (C=O) groups is 1. The Morgan fingerprint density at radius 2 is 1.83 bits per heavy atom. The molecule has 0 aromatic heterocycles. The largest absolute Gasteiger partial charge is 0.350 e. The van der Waals surface area contributed by atoms with E-state index in [0.717, 1.165) is 5.56 Å². The number of aryl methyl sites for hydroxylation is 1. The summed E-state index contributed by atoms with van der Waals surface area (Å²) in [4.78, 5) is 12.1. The third-order valence-electron chi connectivity index (χ3n) is 4.41. The van der Waals surface area contributed by atoms with Gasteiger partial charge in [-0.25, -0.2) is 8.42 Å². The molecule has 1 aliphatic heterocycles. The maximum Gasteiger partial charge on any atom is 0.220 e. The van der Waals surface area contributed by atoms with Gasteiger partial charge >= 0.3 is 0 Å². The first-order valence-electron chi connectivity index (χ1n) is 8.10. The van der Waals surface area contributed by atoms with E-state index in [-0.39, 0.29) is 22.8 Å². The number of sulfone groups is 1. The van der Waals surface area contributed by atoms with E-state index in [9.17, 15) is 13.2 Å². The molecule has 1 aromatic rings. The van der Waals surface area contributed by atoms with E-state index in [0.29, 0.717) is 19.3 Å². The molecule has 1 heterocycles. The van der Waals surface area contributed by atoms with Crippen molar-refractivity contribution in [2.24, 2.45) is 0 Å². The van der Waals surface area contributed by atoms with Crippen molar-refractivity contribution in [3.05, 3.63) is 35.4 Å². The quantitative estimate of drug-likeness (QED) is 0.918. The summed E-state index contributed by atoms with van der Waals surface area (Å²) in [5, 5.41) is 2.90. The van der Waals surface area contributed by atoms with Crippen LogP contribution in [0.4, 0.5) is 0 Å². The Bertz CT molecular complexity index is 671. The maximum absolute atomic E-state index is 12.1. The molecule has 0 bridgehead atoms. The molecule has 1 saturated heterocycles. The van der Waals surface area contributed by atoms with Crippen LogP contribution in [0.25, 0.3) is 0 Å². The molecule has 1 unspecified atom stereocenters. The zero-order valence-corrected chi connectivity index (χ0v) is 15.3. The highest BCUT2D eigenvalue weighted by atomic mass is 32.2. The van der Waals surface area contributed by atoms with Crippen LogP contribution in [0.2, 0.25) is 0 Å². The fourth-order valence-electron chi connectivity index (χ4n) is 2.94. The van der Waals surface area contributed by atoms with Crippen molar-refractivity contribution < 1.29 is 13.2 Å². The normalized spacial score (nSPS) is 23.7. The summed E-state index contributed by atoms with van der Waals surface area (Å²) in [5.74, 6) is 0.133. The molecule has 0 spiro atoms. The van der Waals surface area contributed by atoms with Crippen LogP contribution < -0.4 is 5.32 Å². The van der Waals surface area contributed by atoms with E-state index in [4.69, 9.17) is 0 Å². The minimum absolute atomic E-state index is 0.0476. The third-order valence-corrected chi connectivity index (χ3v) is 6.31. The summed E-state index contributed by atoms with van der Waals surface area (Å²) in [7, 11) is -3.00. The highest BCUT2D eigenvalue weighted by Crippen LogP contribution is 2.24.